The molecular formula is C28H27Cl2N3O4S. The van der Waals surface area contributed by atoms with Crippen LogP contribution in [0.2, 0.25) is 10.0 Å². The van der Waals surface area contributed by atoms with Crippen LogP contribution in [0.25, 0.3) is 21.5 Å². The minimum atomic E-state index is -0.314. The molecule has 2 heterocycles. The van der Waals surface area contributed by atoms with E-state index in [9.17, 15) is 4.79 Å². The topological polar surface area (TPSA) is 86.5 Å². The number of halogens is 2. The van der Waals surface area contributed by atoms with E-state index in [0.717, 1.165) is 58.8 Å². The third-order valence-corrected chi connectivity index (χ3v) is 8.62. The number of nitrogens with zero attached hydrogens (tertiary/aromatic N) is 2. The van der Waals surface area contributed by atoms with Crippen LogP contribution in [-0.4, -0.2) is 34.9 Å². The van der Waals surface area contributed by atoms with Gasteiger partial charge in [0.2, 0.25) is 0 Å². The second-order valence-electron chi connectivity index (χ2n) is 9.75. The van der Waals surface area contributed by atoms with Crippen LogP contribution in [0.4, 0.5) is 5.13 Å². The maximum atomic E-state index is 12.1. The highest BCUT2D eigenvalue weighted by Crippen LogP contribution is 2.46. The molecule has 0 bridgehead atoms. The van der Waals surface area contributed by atoms with Gasteiger partial charge in [-0.2, -0.15) is 0 Å². The lowest BCUT2D eigenvalue weighted by Gasteiger charge is -2.14. The highest BCUT2D eigenvalue weighted by molar-refractivity contribution is 7.22. The van der Waals surface area contributed by atoms with E-state index in [1.807, 2.05) is 30.3 Å². The zero-order valence-electron chi connectivity index (χ0n) is 20.8. The molecule has 2 fully saturated rings. The Morgan fingerprint density at radius 1 is 1.16 bits per heavy atom. The molecule has 2 aliphatic carbocycles. The Hall–Kier alpha value is -2.65. The van der Waals surface area contributed by atoms with Crippen molar-refractivity contribution in [1.82, 2.24) is 10.1 Å². The van der Waals surface area contributed by atoms with Crippen molar-refractivity contribution in [2.24, 2.45) is 0 Å². The summed E-state index contributed by atoms with van der Waals surface area (Å²) in [5.74, 6) is 0.962. The number of aromatic nitrogens is 2. The third kappa shape index (κ3) is 5.27. The molecule has 0 unspecified atom stereocenters. The molecule has 10 heteroatoms. The summed E-state index contributed by atoms with van der Waals surface area (Å²) in [5.41, 5.74) is 3.72. The average Bonchev–Trinajstić information content (AvgIpc) is 3.30. The van der Waals surface area contributed by atoms with Crippen molar-refractivity contribution in [2.45, 2.75) is 63.7 Å². The first-order valence-corrected chi connectivity index (χ1v) is 14.5. The van der Waals surface area contributed by atoms with Crippen LogP contribution in [0.3, 0.4) is 0 Å². The summed E-state index contributed by atoms with van der Waals surface area (Å²) in [5, 5.41) is 9.86. The van der Waals surface area contributed by atoms with Gasteiger partial charge in [-0.05, 0) is 69.4 Å². The van der Waals surface area contributed by atoms with Gasteiger partial charge < -0.3 is 19.3 Å². The molecule has 38 heavy (non-hydrogen) atoms. The smallest absolute Gasteiger partial charge is 0.338 e. The maximum absolute atomic E-state index is 12.1. The molecule has 2 aliphatic rings. The summed E-state index contributed by atoms with van der Waals surface area (Å²) in [7, 11) is 0. The van der Waals surface area contributed by atoms with Crippen LogP contribution >= 0.6 is 34.5 Å². The molecule has 0 amide bonds. The zero-order valence-corrected chi connectivity index (χ0v) is 23.2. The van der Waals surface area contributed by atoms with E-state index in [1.54, 1.807) is 24.3 Å². The first-order valence-electron chi connectivity index (χ1n) is 12.9. The molecule has 0 radical (unpaired) electrons. The summed E-state index contributed by atoms with van der Waals surface area (Å²) >= 11 is 14.5. The summed E-state index contributed by atoms with van der Waals surface area (Å²) in [6.45, 7) is 2.56. The van der Waals surface area contributed by atoms with Gasteiger partial charge in [0.25, 0.3) is 0 Å². The van der Waals surface area contributed by atoms with Crippen molar-refractivity contribution in [2.75, 3.05) is 11.9 Å². The Morgan fingerprint density at radius 2 is 1.97 bits per heavy atom. The number of thiazole rings is 1. The van der Waals surface area contributed by atoms with Crippen LogP contribution < -0.4 is 5.32 Å². The van der Waals surface area contributed by atoms with E-state index < -0.39 is 0 Å². The number of hydrogen-bond acceptors (Lipinski definition) is 8. The van der Waals surface area contributed by atoms with Crippen LogP contribution in [0.15, 0.2) is 40.9 Å². The van der Waals surface area contributed by atoms with Gasteiger partial charge in [-0.15, -0.1) is 0 Å². The molecule has 7 nitrogen and oxygen atoms in total. The fourth-order valence-electron chi connectivity index (χ4n) is 4.97. The molecule has 4 aromatic rings. The van der Waals surface area contributed by atoms with E-state index >= 15 is 0 Å². The lowest BCUT2D eigenvalue weighted by Crippen LogP contribution is -2.17. The monoisotopic (exact) mass is 571 g/mol. The number of fused-ring (bicyclic) bond motifs is 1. The Balaban J connectivity index is 1.12. The van der Waals surface area contributed by atoms with Crippen LogP contribution in [0.5, 0.6) is 0 Å². The number of ether oxygens (including phenoxy) is 2. The Bertz CT molecular complexity index is 1460. The number of nitrogens with one attached hydrogen (secondary N) is 1. The van der Waals surface area contributed by atoms with Crippen molar-refractivity contribution in [3.8, 4) is 11.3 Å². The molecule has 0 aliphatic heterocycles. The lowest BCUT2D eigenvalue weighted by molar-refractivity contribution is 0.0445. The number of esters is 1. The second kappa shape index (κ2) is 10.8. The highest BCUT2D eigenvalue weighted by atomic mass is 35.5. The van der Waals surface area contributed by atoms with Crippen LogP contribution in [-0.2, 0) is 16.1 Å². The Morgan fingerprint density at radius 3 is 2.74 bits per heavy atom. The Kier molecular flexibility index (Phi) is 7.31. The number of benzene rings is 2. The molecule has 0 spiro atoms. The van der Waals surface area contributed by atoms with Crippen molar-refractivity contribution in [3.05, 3.63) is 63.3 Å². The number of rotatable bonds is 9. The predicted octanol–water partition coefficient (Wildman–Crippen LogP) is 7.86. The van der Waals surface area contributed by atoms with Crippen molar-refractivity contribution < 1.29 is 18.8 Å². The van der Waals surface area contributed by atoms with E-state index in [0.29, 0.717) is 46.0 Å². The van der Waals surface area contributed by atoms with Crippen LogP contribution in [0.1, 0.15) is 66.6 Å². The molecule has 6 rings (SSSR count). The molecule has 2 aromatic heterocycles. The van der Waals surface area contributed by atoms with E-state index in [2.05, 4.69) is 10.5 Å². The minimum absolute atomic E-state index is 0.105. The quantitative estimate of drug-likeness (QED) is 0.204. The third-order valence-electron chi connectivity index (χ3n) is 7.04. The van der Waals surface area contributed by atoms with Gasteiger partial charge in [-0.3, -0.25) is 0 Å². The second-order valence-corrected chi connectivity index (χ2v) is 11.6. The van der Waals surface area contributed by atoms with Crippen molar-refractivity contribution >= 4 is 55.9 Å². The molecule has 2 saturated carbocycles. The summed E-state index contributed by atoms with van der Waals surface area (Å²) in [4.78, 5) is 16.8. The van der Waals surface area contributed by atoms with Crippen molar-refractivity contribution in [3.63, 3.8) is 0 Å². The number of carbonyl (C=O) groups excluding carboxylic acids is 1. The lowest BCUT2D eigenvalue weighted by atomic mass is 10.0. The number of hydrogen-bond donors (Lipinski definition) is 1. The first kappa shape index (κ1) is 25.6. The first-order chi connectivity index (χ1) is 18.5. The summed E-state index contributed by atoms with van der Waals surface area (Å²) in [6, 6.07) is 11.2. The maximum Gasteiger partial charge on any atom is 0.338 e. The highest BCUT2D eigenvalue weighted by Gasteiger charge is 2.34. The minimum Gasteiger partial charge on any atom is -0.462 e. The van der Waals surface area contributed by atoms with Gasteiger partial charge in [0.1, 0.15) is 11.5 Å². The summed E-state index contributed by atoms with van der Waals surface area (Å²) in [6.07, 6.45) is 5.09. The van der Waals surface area contributed by atoms with Gasteiger partial charge in [0.05, 0.1) is 45.1 Å². The van der Waals surface area contributed by atoms with Crippen LogP contribution in [0, 0.1) is 0 Å². The van der Waals surface area contributed by atoms with E-state index in [4.69, 9.17) is 42.2 Å². The summed E-state index contributed by atoms with van der Waals surface area (Å²) < 4.78 is 18.2. The normalized spacial score (nSPS) is 19.2. The fraction of sp³-hybridized carbons (Fsp3) is 0.393. The van der Waals surface area contributed by atoms with Gasteiger partial charge >= 0.3 is 5.97 Å². The van der Waals surface area contributed by atoms with E-state index in [1.165, 1.54) is 0 Å². The fourth-order valence-corrected chi connectivity index (χ4v) is 6.53. The SMILES string of the molecule is CCOC(=O)c1ccc2nc(N[C@@H]3CC[C@H](OCc4c(-c5c(Cl)cccc5Cl)noc4C4CC4)C3)sc2c1. The van der Waals surface area contributed by atoms with Gasteiger partial charge in [-0.25, -0.2) is 9.78 Å². The molecule has 0 saturated heterocycles. The number of carbonyl (C=O) groups is 1. The van der Waals surface area contributed by atoms with Gasteiger partial charge in [0.15, 0.2) is 5.13 Å². The Labute approximate surface area is 234 Å². The van der Waals surface area contributed by atoms with E-state index in [-0.39, 0.29) is 18.1 Å². The molecular weight excluding hydrogens is 545 g/mol. The standard InChI is InChI=1S/C28H27Cl2N3O4S/c1-2-35-27(34)16-8-11-22-23(12-16)38-28(32-22)31-17-9-10-18(13-17)36-14-19-25(33-37-26(19)15-6-7-15)24-20(29)4-3-5-21(24)30/h3-5,8,11-12,15,17-18H,2,6-7,9-10,13-14H2,1H3,(H,31,32)/t17-,18+/m1/s1. The number of anilines is 1. The van der Waals surface area contributed by atoms with Crippen molar-refractivity contribution in [1.29, 1.82) is 0 Å². The molecule has 2 atom stereocenters. The largest absolute Gasteiger partial charge is 0.462 e. The van der Waals surface area contributed by atoms with Gasteiger partial charge in [-0.1, -0.05) is 45.8 Å². The predicted molar refractivity (Wildman–Crippen MR) is 149 cm³/mol. The van der Waals surface area contributed by atoms with Gasteiger partial charge in [0, 0.05) is 23.1 Å². The average molecular weight is 573 g/mol. The molecule has 2 aromatic carbocycles. The molecule has 198 valence electrons. The molecule has 1 N–H and O–H groups in total. The zero-order chi connectivity index (χ0) is 26.2.